The molecule has 0 bridgehead atoms. The number of carbonyl (C=O) groups excluding carboxylic acids is 1. The number of esters is 1. The average Bonchev–Trinajstić information content (AvgIpc) is 3.38. The summed E-state index contributed by atoms with van der Waals surface area (Å²) in [7, 11) is 0. The van der Waals surface area contributed by atoms with E-state index >= 15 is 0 Å². The van der Waals surface area contributed by atoms with Gasteiger partial charge in [0.05, 0.1) is 30.9 Å². The quantitative estimate of drug-likeness (QED) is 0.294. The molecule has 0 spiro atoms. The van der Waals surface area contributed by atoms with Crippen molar-refractivity contribution in [3.8, 4) is 17.0 Å². The number of aliphatic hydroxyl groups is 2. The van der Waals surface area contributed by atoms with Crippen LogP contribution < -0.4 is 4.74 Å². The monoisotopic (exact) mass is 507 g/mol. The van der Waals surface area contributed by atoms with Gasteiger partial charge in [-0.2, -0.15) is 0 Å². The van der Waals surface area contributed by atoms with Gasteiger partial charge in [-0.3, -0.25) is 4.79 Å². The molecule has 2 atom stereocenters. The molecule has 0 aliphatic carbocycles. The topological polar surface area (TPSA) is 91.8 Å². The third kappa shape index (κ3) is 5.70. The minimum Gasteiger partial charge on any atom is -0.487 e. The van der Waals surface area contributed by atoms with Gasteiger partial charge in [0.25, 0.3) is 0 Å². The second-order valence-electron chi connectivity index (χ2n) is 11.2. The predicted octanol–water partition coefficient (Wildman–Crippen LogP) is 5.98. The number of fused-ring (bicyclic) bond motifs is 2. The fraction of sp³-hybridized carbons (Fsp3) is 0.516. The van der Waals surface area contributed by atoms with E-state index < -0.39 is 18.2 Å². The Labute approximate surface area is 220 Å². The summed E-state index contributed by atoms with van der Waals surface area (Å²) in [5.41, 5.74) is 6.88. The number of carbonyl (C=O) groups is 1. The van der Waals surface area contributed by atoms with Crippen molar-refractivity contribution in [1.82, 2.24) is 4.98 Å². The van der Waals surface area contributed by atoms with E-state index in [0.29, 0.717) is 12.8 Å². The summed E-state index contributed by atoms with van der Waals surface area (Å²) < 4.78 is 11.5. The Hall–Kier alpha value is -2.83. The molecule has 2 unspecified atom stereocenters. The van der Waals surface area contributed by atoms with E-state index in [9.17, 15) is 15.0 Å². The highest BCUT2D eigenvalue weighted by Crippen LogP contribution is 2.49. The number of benzene rings is 2. The van der Waals surface area contributed by atoms with Crippen LogP contribution in [0.15, 0.2) is 30.5 Å². The molecule has 0 saturated heterocycles. The number of hydrogen-bond donors (Lipinski definition) is 3. The number of H-pyrrole nitrogens is 1. The van der Waals surface area contributed by atoms with Crippen LogP contribution in [-0.2, 0) is 22.4 Å². The van der Waals surface area contributed by atoms with Gasteiger partial charge in [0, 0.05) is 29.1 Å². The molecule has 200 valence electrons. The standard InChI is InChI=1S/C31H41NO5/c1-7-36-26(35)15-22(34)14-21(33)12-13-24-27(18(2)3)28(19(4)25-16-31(5,6)37-30(24)25)29-23-11-9-8-10-20(23)17-32-29/h8-11,17-18,21-22,32-34H,7,12-16H2,1-6H3. The number of aromatic amines is 1. The number of nitrogens with one attached hydrogen (secondary N) is 1. The Morgan fingerprint density at radius 2 is 1.92 bits per heavy atom. The van der Waals surface area contributed by atoms with Crippen LogP contribution in [0, 0.1) is 6.92 Å². The minimum absolute atomic E-state index is 0.108. The van der Waals surface area contributed by atoms with Gasteiger partial charge in [-0.25, -0.2) is 0 Å². The fourth-order valence-corrected chi connectivity index (χ4v) is 5.78. The zero-order valence-electron chi connectivity index (χ0n) is 23.0. The number of aromatic nitrogens is 1. The first-order valence-electron chi connectivity index (χ1n) is 13.5. The highest BCUT2D eigenvalue weighted by Gasteiger charge is 2.37. The molecular formula is C31H41NO5. The maximum absolute atomic E-state index is 11.7. The van der Waals surface area contributed by atoms with Crippen molar-refractivity contribution in [2.45, 2.75) is 97.4 Å². The molecule has 1 aromatic heterocycles. The van der Waals surface area contributed by atoms with Gasteiger partial charge in [0.1, 0.15) is 11.4 Å². The lowest BCUT2D eigenvalue weighted by atomic mass is 9.81. The van der Waals surface area contributed by atoms with Crippen molar-refractivity contribution in [3.63, 3.8) is 0 Å². The van der Waals surface area contributed by atoms with Crippen LogP contribution in [0.25, 0.3) is 22.0 Å². The lowest BCUT2D eigenvalue weighted by molar-refractivity contribution is -0.145. The summed E-state index contributed by atoms with van der Waals surface area (Å²) in [5.74, 6) is 0.735. The van der Waals surface area contributed by atoms with Crippen molar-refractivity contribution in [2.75, 3.05) is 6.61 Å². The maximum atomic E-state index is 11.7. The molecule has 2 aromatic carbocycles. The third-order valence-electron chi connectivity index (χ3n) is 7.36. The van der Waals surface area contributed by atoms with Crippen LogP contribution in [0.4, 0.5) is 0 Å². The van der Waals surface area contributed by atoms with E-state index in [4.69, 9.17) is 9.47 Å². The Morgan fingerprint density at radius 3 is 2.62 bits per heavy atom. The maximum Gasteiger partial charge on any atom is 0.308 e. The van der Waals surface area contributed by atoms with Crippen LogP contribution in [0.1, 0.15) is 82.1 Å². The van der Waals surface area contributed by atoms with Crippen molar-refractivity contribution < 1.29 is 24.5 Å². The van der Waals surface area contributed by atoms with E-state index in [0.717, 1.165) is 23.4 Å². The first-order valence-corrected chi connectivity index (χ1v) is 13.5. The fourth-order valence-electron chi connectivity index (χ4n) is 5.78. The summed E-state index contributed by atoms with van der Waals surface area (Å²) >= 11 is 0. The average molecular weight is 508 g/mol. The zero-order chi connectivity index (χ0) is 26.9. The smallest absolute Gasteiger partial charge is 0.308 e. The molecule has 3 N–H and O–H groups in total. The summed E-state index contributed by atoms with van der Waals surface area (Å²) in [6.07, 6.45) is 2.31. The Bertz CT molecular complexity index is 1270. The second-order valence-corrected chi connectivity index (χ2v) is 11.2. The Morgan fingerprint density at radius 1 is 1.19 bits per heavy atom. The molecule has 0 fully saturated rings. The molecule has 1 aliphatic rings. The molecule has 6 heteroatoms. The lowest BCUT2D eigenvalue weighted by Gasteiger charge is -2.25. The summed E-state index contributed by atoms with van der Waals surface area (Å²) in [4.78, 5) is 15.3. The summed E-state index contributed by atoms with van der Waals surface area (Å²) in [6.45, 7) is 12.9. The van der Waals surface area contributed by atoms with Gasteiger partial charge in [0.15, 0.2) is 0 Å². The van der Waals surface area contributed by atoms with Crippen molar-refractivity contribution in [1.29, 1.82) is 0 Å². The zero-order valence-corrected chi connectivity index (χ0v) is 23.0. The molecule has 37 heavy (non-hydrogen) atoms. The van der Waals surface area contributed by atoms with E-state index in [1.807, 2.05) is 0 Å². The van der Waals surface area contributed by atoms with Gasteiger partial charge in [-0.05, 0) is 75.0 Å². The predicted molar refractivity (Wildman–Crippen MR) is 147 cm³/mol. The van der Waals surface area contributed by atoms with Crippen molar-refractivity contribution >= 4 is 16.7 Å². The summed E-state index contributed by atoms with van der Waals surface area (Å²) in [5, 5.41) is 23.5. The van der Waals surface area contributed by atoms with E-state index in [-0.39, 0.29) is 31.0 Å². The molecule has 0 saturated carbocycles. The number of aliphatic hydroxyl groups excluding tert-OH is 2. The van der Waals surface area contributed by atoms with Crippen LogP contribution in [0.2, 0.25) is 0 Å². The lowest BCUT2D eigenvalue weighted by Crippen LogP contribution is -2.25. The Balaban J connectivity index is 1.72. The van der Waals surface area contributed by atoms with Crippen LogP contribution in [0.5, 0.6) is 5.75 Å². The van der Waals surface area contributed by atoms with Gasteiger partial charge in [-0.1, -0.05) is 38.1 Å². The summed E-state index contributed by atoms with van der Waals surface area (Å²) in [6, 6.07) is 8.41. The molecule has 0 radical (unpaired) electrons. The first kappa shape index (κ1) is 27.2. The molecule has 1 aliphatic heterocycles. The van der Waals surface area contributed by atoms with Crippen LogP contribution >= 0.6 is 0 Å². The van der Waals surface area contributed by atoms with Crippen molar-refractivity contribution in [2.24, 2.45) is 0 Å². The highest BCUT2D eigenvalue weighted by atomic mass is 16.5. The van der Waals surface area contributed by atoms with E-state index in [2.05, 4.69) is 70.1 Å². The minimum atomic E-state index is -0.932. The molecule has 6 nitrogen and oxygen atoms in total. The molecule has 2 heterocycles. The number of rotatable bonds is 10. The second kappa shape index (κ2) is 10.9. The third-order valence-corrected chi connectivity index (χ3v) is 7.36. The largest absolute Gasteiger partial charge is 0.487 e. The molecule has 3 aromatic rings. The van der Waals surface area contributed by atoms with Gasteiger partial charge >= 0.3 is 5.97 Å². The molecular weight excluding hydrogens is 466 g/mol. The van der Waals surface area contributed by atoms with Gasteiger partial charge < -0.3 is 24.7 Å². The number of ether oxygens (including phenoxy) is 2. The SMILES string of the molecule is CCOC(=O)CC(O)CC(O)CCc1c2c(c(C)c(-c3[nH]cc4ccccc34)c1C(C)C)CC(C)(C)O2. The Kier molecular flexibility index (Phi) is 8.00. The van der Waals surface area contributed by atoms with Crippen LogP contribution in [-0.4, -0.2) is 45.6 Å². The highest BCUT2D eigenvalue weighted by molar-refractivity contribution is 5.98. The van der Waals surface area contributed by atoms with Gasteiger partial charge in [-0.15, -0.1) is 0 Å². The molecule has 0 amide bonds. The normalized spacial score (nSPS) is 16.0. The van der Waals surface area contributed by atoms with Crippen LogP contribution in [0.3, 0.4) is 0 Å². The molecule has 4 rings (SSSR count). The van der Waals surface area contributed by atoms with Crippen molar-refractivity contribution in [3.05, 3.63) is 52.7 Å². The number of hydrogen-bond acceptors (Lipinski definition) is 5. The van der Waals surface area contributed by atoms with Gasteiger partial charge in [0.2, 0.25) is 0 Å². The van der Waals surface area contributed by atoms with E-state index in [1.54, 1.807) is 6.92 Å². The van der Waals surface area contributed by atoms with E-state index in [1.165, 1.54) is 33.0 Å². The first-order chi connectivity index (χ1) is 17.5.